The van der Waals surface area contributed by atoms with Gasteiger partial charge in [-0.05, 0) is 60.6 Å². The average molecular weight is 774 g/mol. The van der Waals surface area contributed by atoms with E-state index in [-0.39, 0.29) is 31.5 Å². The van der Waals surface area contributed by atoms with Crippen LogP contribution < -0.4 is 19.7 Å². The first-order valence-electron chi connectivity index (χ1n) is 18.4. The molecule has 0 spiro atoms. The number of carbonyl (C=O) groups is 3. The standard InChI is InChI=1S/C43H49ClFN3O7/c1-43(2,3)28-48-35-21-20-31(44)25-33(35)39(55-37(41(48)50)26-38(49)46-27-30-16-8-9-18-34(30)45)32-17-10-19-36(40(32)53-4)54-24-12-23-47(42(51)52)22-11-15-29-13-6-5-7-14-29/h5-10,13-14,16-21,25,37,39H,11-12,15,22-24,26-28H2,1-4H3,(H,46,49)(H,51,52)/t37-,39-/m1/s1. The number of fused-ring (bicyclic) bond motifs is 1. The summed E-state index contributed by atoms with van der Waals surface area (Å²) in [5.74, 6) is -0.574. The number of carbonyl (C=O) groups excluding carboxylic acids is 2. The number of amides is 3. The minimum atomic E-state index is -1.22. The Bertz CT molecular complexity index is 1940. The maximum atomic E-state index is 14.4. The molecule has 1 aliphatic rings. The van der Waals surface area contributed by atoms with Crippen LogP contribution >= 0.6 is 11.6 Å². The largest absolute Gasteiger partial charge is 0.492 e. The van der Waals surface area contributed by atoms with Gasteiger partial charge in [-0.2, -0.15) is 0 Å². The third-order valence-electron chi connectivity index (χ3n) is 9.17. The Morgan fingerprint density at radius 3 is 2.40 bits per heavy atom. The van der Waals surface area contributed by atoms with Crippen molar-refractivity contribution in [3.63, 3.8) is 0 Å². The molecule has 55 heavy (non-hydrogen) atoms. The first kappa shape index (κ1) is 41.0. The highest BCUT2D eigenvalue weighted by Gasteiger charge is 2.40. The summed E-state index contributed by atoms with van der Waals surface area (Å²) >= 11 is 6.58. The van der Waals surface area contributed by atoms with E-state index in [4.69, 9.17) is 25.8 Å². The summed E-state index contributed by atoms with van der Waals surface area (Å²) in [5, 5.41) is 13.0. The number of hydrogen-bond acceptors (Lipinski definition) is 6. The first-order chi connectivity index (χ1) is 26.3. The Balaban J connectivity index is 1.37. The molecule has 0 saturated carbocycles. The fourth-order valence-electron chi connectivity index (χ4n) is 6.59. The first-order valence-corrected chi connectivity index (χ1v) is 18.8. The number of halogens is 2. The minimum absolute atomic E-state index is 0.0531. The lowest BCUT2D eigenvalue weighted by Crippen LogP contribution is -2.45. The quantitative estimate of drug-likeness (QED) is 0.110. The topological polar surface area (TPSA) is 118 Å². The average Bonchev–Trinajstić information content (AvgIpc) is 3.25. The van der Waals surface area contributed by atoms with E-state index in [2.05, 4.69) is 5.32 Å². The Morgan fingerprint density at radius 1 is 0.964 bits per heavy atom. The van der Waals surface area contributed by atoms with Crippen molar-refractivity contribution in [2.75, 3.05) is 38.3 Å². The molecular weight excluding hydrogens is 725 g/mol. The normalized spacial score (nSPS) is 15.5. The van der Waals surface area contributed by atoms with Gasteiger partial charge in [0.25, 0.3) is 5.91 Å². The molecule has 2 N–H and O–H groups in total. The van der Waals surface area contributed by atoms with Crippen LogP contribution in [0.2, 0.25) is 5.02 Å². The molecular formula is C43H49ClFN3O7. The maximum Gasteiger partial charge on any atom is 0.407 e. The summed E-state index contributed by atoms with van der Waals surface area (Å²) in [5.41, 5.74) is 2.87. The second-order valence-corrected chi connectivity index (χ2v) is 15.1. The third-order valence-corrected chi connectivity index (χ3v) is 9.41. The number of methoxy groups -OCH3 is 1. The van der Waals surface area contributed by atoms with Crippen LogP contribution in [0.25, 0.3) is 0 Å². The molecule has 0 unspecified atom stereocenters. The van der Waals surface area contributed by atoms with Crippen LogP contribution in [0.15, 0.2) is 91.0 Å². The van der Waals surface area contributed by atoms with Crippen LogP contribution in [-0.4, -0.2) is 67.4 Å². The lowest BCUT2D eigenvalue weighted by atomic mass is 9.94. The Hall–Kier alpha value is -5.13. The number of benzene rings is 4. The van der Waals surface area contributed by atoms with E-state index in [1.165, 1.54) is 18.1 Å². The highest BCUT2D eigenvalue weighted by Crippen LogP contribution is 2.45. The van der Waals surface area contributed by atoms with Gasteiger partial charge < -0.3 is 34.4 Å². The lowest BCUT2D eigenvalue weighted by molar-refractivity contribution is -0.138. The molecule has 4 aromatic rings. The number of ether oxygens (including phenoxy) is 3. The molecule has 0 saturated heterocycles. The van der Waals surface area contributed by atoms with E-state index in [0.29, 0.717) is 64.8 Å². The van der Waals surface area contributed by atoms with Crippen molar-refractivity contribution >= 4 is 35.2 Å². The summed E-state index contributed by atoms with van der Waals surface area (Å²) in [6.07, 6.45) is -1.54. The zero-order valence-corrected chi connectivity index (χ0v) is 32.5. The van der Waals surface area contributed by atoms with Crippen LogP contribution in [0.1, 0.15) is 68.4 Å². The van der Waals surface area contributed by atoms with Gasteiger partial charge in [-0.25, -0.2) is 9.18 Å². The molecule has 4 aromatic carbocycles. The van der Waals surface area contributed by atoms with Crippen molar-refractivity contribution in [2.45, 2.75) is 65.2 Å². The Morgan fingerprint density at radius 2 is 1.69 bits per heavy atom. The van der Waals surface area contributed by atoms with Gasteiger partial charge in [-0.3, -0.25) is 9.59 Å². The Kier molecular flexibility index (Phi) is 14.1. The predicted octanol–water partition coefficient (Wildman–Crippen LogP) is 8.44. The van der Waals surface area contributed by atoms with Crippen molar-refractivity contribution < 1.29 is 38.1 Å². The molecule has 1 heterocycles. The zero-order valence-electron chi connectivity index (χ0n) is 31.7. The van der Waals surface area contributed by atoms with Gasteiger partial charge in [0.15, 0.2) is 11.5 Å². The van der Waals surface area contributed by atoms with Crippen LogP contribution in [0.5, 0.6) is 11.5 Å². The van der Waals surface area contributed by atoms with E-state index in [0.717, 1.165) is 12.0 Å². The summed E-state index contributed by atoms with van der Waals surface area (Å²) < 4.78 is 33.1. The summed E-state index contributed by atoms with van der Waals surface area (Å²) in [4.78, 5) is 42.8. The number of nitrogens with zero attached hydrogens (tertiary/aromatic N) is 2. The molecule has 3 amide bonds. The van der Waals surface area contributed by atoms with Gasteiger partial charge in [0, 0.05) is 53.6 Å². The summed E-state index contributed by atoms with van der Waals surface area (Å²) in [6, 6.07) is 26.7. The number of aryl methyl sites for hydroxylation is 1. The SMILES string of the molecule is COc1c(OCCCN(CCCc2ccccc2)C(=O)O)cccc1[C@H]1O[C@H](CC(=O)NCc2ccccc2F)C(=O)N(CC(C)(C)C)c2ccc(Cl)cc21. The third kappa shape index (κ3) is 11.2. The highest BCUT2D eigenvalue weighted by molar-refractivity contribution is 6.30. The van der Waals surface area contributed by atoms with Gasteiger partial charge in [-0.15, -0.1) is 0 Å². The second-order valence-electron chi connectivity index (χ2n) is 14.7. The second kappa shape index (κ2) is 19.0. The number of para-hydroxylation sites is 1. The number of nitrogens with one attached hydrogen (secondary N) is 1. The molecule has 2 atom stereocenters. The molecule has 0 fully saturated rings. The maximum absolute atomic E-state index is 14.4. The Labute approximate surface area is 327 Å². The lowest BCUT2D eigenvalue weighted by Gasteiger charge is -2.31. The molecule has 0 aliphatic carbocycles. The predicted molar refractivity (Wildman–Crippen MR) is 210 cm³/mol. The molecule has 5 rings (SSSR count). The van der Waals surface area contributed by atoms with Gasteiger partial charge >= 0.3 is 6.09 Å². The molecule has 0 radical (unpaired) electrons. The van der Waals surface area contributed by atoms with E-state index in [1.807, 2.05) is 51.1 Å². The van der Waals surface area contributed by atoms with E-state index < -0.39 is 35.9 Å². The molecule has 292 valence electrons. The molecule has 12 heteroatoms. The molecule has 1 aliphatic heterocycles. The number of hydrogen-bond donors (Lipinski definition) is 2. The van der Waals surface area contributed by atoms with E-state index in [9.17, 15) is 23.9 Å². The molecule has 0 aromatic heterocycles. The fourth-order valence-corrected chi connectivity index (χ4v) is 6.77. The van der Waals surface area contributed by atoms with Crippen LogP contribution in [-0.2, 0) is 27.3 Å². The number of rotatable bonds is 16. The van der Waals surface area contributed by atoms with E-state index >= 15 is 0 Å². The van der Waals surface area contributed by atoms with E-state index in [1.54, 1.807) is 59.5 Å². The molecule has 10 nitrogen and oxygen atoms in total. The summed E-state index contributed by atoms with van der Waals surface area (Å²) in [7, 11) is 1.50. The van der Waals surface area contributed by atoms with Crippen molar-refractivity contribution in [3.8, 4) is 11.5 Å². The van der Waals surface area contributed by atoms with Crippen LogP contribution in [0.3, 0.4) is 0 Å². The fraction of sp³-hybridized carbons (Fsp3) is 0.372. The van der Waals surface area contributed by atoms with Gasteiger partial charge in [-0.1, -0.05) is 93.0 Å². The minimum Gasteiger partial charge on any atom is -0.492 e. The van der Waals surface area contributed by atoms with Gasteiger partial charge in [0.1, 0.15) is 18.0 Å². The van der Waals surface area contributed by atoms with Gasteiger partial charge in [0.2, 0.25) is 5.91 Å². The van der Waals surface area contributed by atoms with Crippen molar-refractivity contribution in [3.05, 3.63) is 124 Å². The molecule has 0 bridgehead atoms. The highest BCUT2D eigenvalue weighted by atomic mass is 35.5. The van der Waals surface area contributed by atoms with Crippen LogP contribution in [0.4, 0.5) is 14.9 Å². The zero-order chi connectivity index (χ0) is 39.5. The monoisotopic (exact) mass is 773 g/mol. The number of anilines is 1. The van der Waals surface area contributed by atoms with Crippen molar-refractivity contribution in [1.82, 2.24) is 10.2 Å². The van der Waals surface area contributed by atoms with Crippen molar-refractivity contribution in [1.29, 1.82) is 0 Å². The van der Waals surface area contributed by atoms with Gasteiger partial charge in [0.05, 0.1) is 20.1 Å². The van der Waals surface area contributed by atoms with Crippen molar-refractivity contribution in [2.24, 2.45) is 5.41 Å². The summed E-state index contributed by atoms with van der Waals surface area (Å²) in [6.45, 7) is 7.21. The van der Waals surface area contributed by atoms with Crippen LogP contribution in [0, 0.1) is 11.2 Å². The number of carboxylic acid groups (broad SMARTS) is 1. The smallest absolute Gasteiger partial charge is 0.407 e.